The van der Waals surface area contributed by atoms with E-state index in [1.807, 2.05) is 41.8 Å². The molecule has 2 amide bonds. The van der Waals surface area contributed by atoms with Crippen molar-refractivity contribution in [2.24, 2.45) is 0 Å². The lowest BCUT2D eigenvalue weighted by molar-refractivity contribution is -0.384. The number of rotatable bonds is 10. The lowest BCUT2D eigenvalue weighted by Gasteiger charge is -2.20. The second-order valence-corrected chi connectivity index (χ2v) is 11.2. The molecule has 4 rings (SSSR count). The van der Waals surface area contributed by atoms with Crippen molar-refractivity contribution in [3.05, 3.63) is 105 Å². The van der Waals surface area contributed by atoms with Gasteiger partial charge in [0.15, 0.2) is 11.0 Å². The SMILES string of the molecule is Cc1cccc(CSc2nnc(CNC(=O)Nc3c(C(C)C)cccc3C(C)C)n2-c2ccc([N+](=O)[O-])cc2)c1. The van der Waals surface area contributed by atoms with Crippen molar-refractivity contribution in [1.82, 2.24) is 20.1 Å². The monoisotopic (exact) mass is 558 g/mol. The van der Waals surface area contributed by atoms with Gasteiger partial charge in [-0.3, -0.25) is 14.7 Å². The zero-order valence-corrected chi connectivity index (χ0v) is 24.2. The highest BCUT2D eigenvalue weighted by Gasteiger charge is 2.19. The summed E-state index contributed by atoms with van der Waals surface area (Å²) in [7, 11) is 0. The topological polar surface area (TPSA) is 115 Å². The van der Waals surface area contributed by atoms with Crippen LogP contribution >= 0.6 is 11.8 Å². The van der Waals surface area contributed by atoms with Crippen LogP contribution in [0, 0.1) is 17.0 Å². The van der Waals surface area contributed by atoms with Crippen LogP contribution in [0.25, 0.3) is 5.69 Å². The fraction of sp³-hybridized carbons (Fsp3) is 0.300. The van der Waals surface area contributed by atoms with Crippen LogP contribution in [0.5, 0.6) is 0 Å². The fourth-order valence-corrected chi connectivity index (χ4v) is 5.37. The molecule has 10 heteroatoms. The van der Waals surface area contributed by atoms with Gasteiger partial charge in [-0.05, 0) is 47.6 Å². The summed E-state index contributed by atoms with van der Waals surface area (Å²) >= 11 is 1.51. The van der Waals surface area contributed by atoms with E-state index in [1.54, 1.807) is 12.1 Å². The standard InChI is InChI=1S/C30H34N6O3S/c1-19(2)25-10-7-11-26(20(3)4)28(25)32-29(37)31-17-27-33-34-30(40-18-22-9-6-8-21(5)16-22)35(27)23-12-14-24(15-13-23)36(38)39/h6-16,19-20H,17-18H2,1-5H3,(H2,31,32,37). The minimum absolute atomic E-state index is 0.00499. The number of urea groups is 1. The summed E-state index contributed by atoms with van der Waals surface area (Å²) in [5, 5.41) is 26.6. The van der Waals surface area contributed by atoms with Crippen LogP contribution in [0.15, 0.2) is 71.9 Å². The number of para-hydroxylation sites is 1. The third-order valence-corrected chi connectivity index (χ3v) is 7.49. The second kappa shape index (κ2) is 12.8. The van der Waals surface area contributed by atoms with Gasteiger partial charge in [0.2, 0.25) is 0 Å². The van der Waals surface area contributed by atoms with Crippen molar-refractivity contribution in [3.63, 3.8) is 0 Å². The fourth-order valence-electron chi connectivity index (χ4n) is 4.45. The normalized spacial score (nSPS) is 11.2. The molecule has 0 atom stereocenters. The summed E-state index contributed by atoms with van der Waals surface area (Å²) in [5.41, 5.74) is 5.96. The lowest BCUT2D eigenvalue weighted by atomic mass is 9.93. The van der Waals surface area contributed by atoms with Gasteiger partial charge in [-0.1, -0.05) is 87.5 Å². The summed E-state index contributed by atoms with van der Waals surface area (Å²) in [6.07, 6.45) is 0. The number of nitrogens with one attached hydrogen (secondary N) is 2. The highest BCUT2D eigenvalue weighted by atomic mass is 32.2. The number of nitrogens with zero attached hydrogens (tertiary/aromatic N) is 4. The molecule has 40 heavy (non-hydrogen) atoms. The number of hydrogen-bond acceptors (Lipinski definition) is 6. The zero-order valence-electron chi connectivity index (χ0n) is 23.3. The summed E-state index contributed by atoms with van der Waals surface area (Å²) in [5.74, 6) is 1.67. The Morgan fingerprint density at radius 1 is 0.975 bits per heavy atom. The maximum atomic E-state index is 13.1. The molecule has 0 saturated carbocycles. The van der Waals surface area contributed by atoms with E-state index in [2.05, 4.69) is 60.7 Å². The predicted octanol–water partition coefficient (Wildman–Crippen LogP) is 7.34. The van der Waals surface area contributed by atoms with Gasteiger partial charge in [0.25, 0.3) is 5.69 Å². The molecule has 0 unspecified atom stereocenters. The molecule has 0 aliphatic rings. The Balaban J connectivity index is 1.58. The van der Waals surface area contributed by atoms with Crippen molar-refractivity contribution >= 4 is 29.2 Å². The number of aromatic nitrogens is 3. The molecule has 0 aliphatic heterocycles. The average Bonchev–Trinajstić information content (AvgIpc) is 3.33. The largest absolute Gasteiger partial charge is 0.331 e. The molecule has 0 aliphatic carbocycles. The van der Waals surface area contributed by atoms with E-state index in [9.17, 15) is 14.9 Å². The highest BCUT2D eigenvalue weighted by molar-refractivity contribution is 7.98. The number of nitro benzene ring substituents is 1. The first kappa shape index (κ1) is 28.8. The molecule has 1 heterocycles. The van der Waals surface area contributed by atoms with Crippen LogP contribution in [0.2, 0.25) is 0 Å². The minimum atomic E-state index is -0.434. The quantitative estimate of drug-likeness (QED) is 0.119. The molecule has 0 bridgehead atoms. The zero-order chi connectivity index (χ0) is 28.8. The number of benzene rings is 3. The third-order valence-electron chi connectivity index (χ3n) is 6.49. The van der Waals surface area contributed by atoms with E-state index < -0.39 is 4.92 Å². The van der Waals surface area contributed by atoms with Crippen LogP contribution in [0.4, 0.5) is 16.2 Å². The van der Waals surface area contributed by atoms with Crippen molar-refractivity contribution in [1.29, 1.82) is 0 Å². The Morgan fingerprint density at radius 2 is 1.62 bits per heavy atom. The molecule has 0 saturated heterocycles. The summed E-state index contributed by atoms with van der Waals surface area (Å²) in [6, 6.07) is 20.2. The number of amides is 2. The van der Waals surface area contributed by atoms with E-state index in [0.717, 1.165) is 22.4 Å². The van der Waals surface area contributed by atoms with E-state index in [0.29, 0.717) is 22.4 Å². The maximum absolute atomic E-state index is 13.1. The third kappa shape index (κ3) is 6.87. The number of nitro groups is 1. The molecule has 208 valence electrons. The molecule has 0 fully saturated rings. The number of carbonyl (C=O) groups is 1. The summed E-state index contributed by atoms with van der Waals surface area (Å²) in [6.45, 7) is 10.6. The van der Waals surface area contributed by atoms with Crippen LogP contribution < -0.4 is 10.6 Å². The van der Waals surface area contributed by atoms with E-state index in [1.165, 1.54) is 29.5 Å². The van der Waals surface area contributed by atoms with Gasteiger partial charge in [0.05, 0.1) is 11.5 Å². The number of aryl methyl sites for hydroxylation is 1. The first-order chi connectivity index (χ1) is 19.1. The average molecular weight is 559 g/mol. The number of non-ortho nitro benzene ring substituents is 1. The summed E-state index contributed by atoms with van der Waals surface area (Å²) < 4.78 is 1.83. The van der Waals surface area contributed by atoms with Crippen molar-refractivity contribution in [3.8, 4) is 5.69 Å². The molecular weight excluding hydrogens is 524 g/mol. The smallest absolute Gasteiger partial charge is 0.319 e. The van der Waals surface area contributed by atoms with Gasteiger partial charge in [-0.25, -0.2) is 4.79 Å². The first-order valence-corrected chi connectivity index (χ1v) is 14.2. The van der Waals surface area contributed by atoms with Crippen LogP contribution in [0.1, 0.15) is 67.6 Å². The maximum Gasteiger partial charge on any atom is 0.319 e. The molecule has 0 radical (unpaired) electrons. The molecule has 2 N–H and O–H groups in total. The van der Waals surface area contributed by atoms with E-state index in [-0.39, 0.29) is 30.1 Å². The Labute approximate surface area is 238 Å². The first-order valence-electron chi connectivity index (χ1n) is 13.2. The molecule has 0 spiro atoms. The Hall–Kier alpha value is -4.18. The van der Waals surface area contributed by atoms with Crippen LogP contribution in [0.3, 0.4) is 0 Å². The summed E-state index contributed by atoms with van der Waals surface area (Å²) in [4.78, 5) is 23.9. The van der Waals surface area contributed by atoms with Crippen molar-refractivity contribution in [2.75, 3.05) is 5.32 Å². The van der Waals surface area contributed by atoms with Gasteiger partial charge in [0, 0.05) is 29.3 Å². The predicted molar refractivity (Wildman–Crippen MR) is 159 cm³/mol. The van der Waals surface area contributed by atoms with E-state index >= 15 is 0 Å². The molecule has 4 aromatic rings. The minimum Gasteiger partial charge on any atom is -0.331 e. The Bertz CT molecular complexity index is 1470. The van der Waals surface area contributed by atoms with Crippen LogP contribution in [-0.4, -0.2) is 25.7 Å². The lowest BCUT2D eigenvalue weighted by Crippen LogP contribution is -2.30. The Kier molecular flexibility index (Phi) is 9.21. The van der Waals surface area contributed by atoms with Gasteiger partial charge in [0.1, 0.15) is 0 Å². The number of hydrogen-bond donors (Lipinski definition) is 2. The van der Waals surface area contributed by atoms with Gasteiger partial charge < -0.3 is 10.6 Å². The van der Waals surface area contributed by atoms with Crippen LogP contribution in [-0.2, 0) is 12.3 Å². The molecule has 3 aromatic carbocycles. The molecular formula is C30H34N6O3S. The van der Waals surface area contributed by atoms with E-state index in [4.69, 9.17) is 0 Å². The molecule has 1 aromatic heterocycles. The van der Waals surface area contributed by atoms with Gasteiger partial charge in [-0.2, -0.15) is 0 Å². The Morgan fingerprint density at radius 3 is 2.23 bits per heavy atom. The molecule has 9 nitrogen and oxygen atoms in total. The highest BCUT2D eigenvalue weighted by Crippen LogP contribution is 2.32. The number of carbonyl (C=O) groups excluding carboxylic acids is 1. The van der Waals surface area contributed by atoms with Crippen molar-refractivity contribution in [2.45, 2.75) is 63.9 Å². The second-order valence-electron chi connectivity index (χ2n) is 10.2. The van der Waals surface area contributed by atoms with Gasteiger partial charge >= 0.3 is 6.03 Å². The van der Waals surface area contributed by atoms with Gasteiger partial charge in [-0.15, -0.1) is 10.2 Å². The van der Waals surface area contributed by atoms with Crippen molar-refractivity contribution < 1.29 is 9.72 Å². The number of anilines is 1. The number of thioether (sulfide) groups is 1.